The van der Waals surface area contributed by atoms with Gasteiger partial charge in [-0.2, -0.15) is 6.07 Å². The van der Waals surface area contributed by atoms with Crippen molar-refractivity contribution < 1.29 is 25.8 Å². The molecule has 1 aliphatic rings. The van der Waals surface area contributed by atoms with Gasteiger partial charge in [0.1, 0.15) is 5.82 Å². The van der Waals surface area contributed by atoms with Crippen molar-refractivity contribution in [1.29, 1.82) is 0 Å². The van der Waals surface area contributed by atoms with Gasteiger partial charge in [-0.25, -0.2) is 4.98 Å². The van der Waals surface area contributed by atoms with Crippen molar-refractivity contribution in [2.75, 3.05) is 9.80 Å². The van der Waals surface area contributed by atoms with Crippen molar-refractivity contribution in [3.8, 4) is 28.4 Å². The average Bonchev–Trinajstić information content (AvgIpc) is 3.59. The maximum atomic E-state index is 6.50. The van der Waals surface area contributed by atoms with Gasteiger partial charge in [0.05, 0.1) is 0 Å². The van der Waals surface area contributed by atoms with E-state index in [1.54, 1.807) is 0 Å². The predicted molar refractivity (Wildman–Crippen MR) is 192 cm³/mol. The van der Waals surface area contributed by atoms with Crippen LogP contribution in [-0.2, 0) is 21.1 Å². The van der Waals surface area contributed by atoms with Crippen LogP contribution in [-0.4, -0.2) is 9.55 Å². The largest absolute Gasteiger partial charge is 0.509 e. The number of fused-ring (bicyclic) bond motifs is 3. The molecule has 0 amide bonds. The number of para-hydroxylation sites is 1. The molecule has 0 N–H and O–H groups in total. The van der Waals surface area contributed by atoms with Crippen molar-refractivity contribution >= 4 is 33.2 Å². The molecule has 0 atom stereocenters. The summed E-state index contributed by atoms with van der Waals surface area (Å²) in [6, 6.07) is 46.9. The first-order valence-electron chi connectivity index (χ1n) is 15.8. The molecule has 0 aliphatic carbocycles. The van der Waals surface area contributed by atoms with E-state index < -0.39 is 0 Å². The minimum absolute atomic E-state index is 0. The molecule has 3 heterocycles. The van der Waals surface area contributed by atoms with E-state index in [4.69, 9.17) is 9.72 Å². The molecule has 0 bridgehead atoms. The van der Waals surface area contributed by atoms with Crippen LogP contribution in [0.2, 0.25) is 0 Å². The molecule has 8 rings (SSSR count). The van der Waals surface area contributed by atoms with Crippen LogP contribution in [0.25, 0.3) is 38.8 Å². The minimum atomic E-state index is 0. The average molecular weight is 805 g/mol. The number of benzene rings is 5. The van der Waals surface area contributed by atoms with E-state index >= 15 is 0 Å². The summed E-state index contributed by atoms with van der Waals surface area (Å²) in [7, 11) is 0. The maximum absolute atomic E-state index is 6.50. The van der Waals surface area contributed by atoms with E-state index in [9.17, 15) is 0 Å². The standard InChI is InChI=1S/C42H33N4O.Pt/c1-28-20-21-41(43-26-28)46-39-19-9-8-18-38(39)42-29(2)22-37(25-40(42)46)47-36-17-11-16-35(24-36)45-27-44(30(3)31(45)4)34-15-10-14-33(23-34)32-12-6-5-7-13-32;/h5-23,26-27H,1-4H3;/q-3;. The Bertz CT molecular complexity index is 2310. The van der Waals surface area contributed by atoms with Crippen molar-refractivity contribution in [2.24, 2.45) is 0 Å². The van der Waals surface area contributed by atoms with E-state index in [2.05, 4.69) is 158 Å². The molecule has 240 valence electrons. The molecule has 7 aromatic rings. The number of hydrogen-bond donors (Lipinski definition) is 0. The second-order valence-electron chi connectivity index (χ2n) is 12.0. The molecule has 0 spiro atoms. The number of aromatic nitrogens is 2. The molecule has 48 heavy (non-hydrogen) atoms. The Hall–Kier alpha value is -5.12. The van der Waals surface area contributed by atoms with E-state index in [0.717, 1.165) is 56.1 Å². The van der Waals surface area contributed by atoms with Crippen LogP contribution in [0.4, 0.5) is 11.4 Å². The molecule has 5 nitrogen and oxygen atoms in total. The summed E-state index contributed by atoms with van der Waals surface area (Å²) in [5, 5.41) is 2.31. The van der Waals surface area contributed by atoms with Crippen molar-refractivity contribution in [3.05, 3.63) is 163 Å². The Morgan fingerprint density at radius 1 is 0.667 bits per heavy atom. The van der Waals surface area contributed by atoms with Gasteiger partial charge in [-0.1, -0.05) is 84.6 Å². The van der Waals surface area contributed by atoms with Crippen LogP contribution in [0.3, 0.4) is 0 Å². The van der Waals surface area contributed by atoms with E-state index in [1.165, 1.54) is 16.5 Å². The van der Waals surface area contributed by atoms with Crippen LogP contribution < -0.4 is 14.5 Å². The second kappa shape index (κ2) is 12.8. The van der Waals surface area contributed by atoms with Crippen LogP contribution in [0.15, 0.2) is 133 Å². The first-order chi connectivity index (χ1) is 22.9. The van der Waals surface area contributed by atoms with E-state index in [-0.39, 0.29) is 21.1 Å². The fourth-order valence-corrected chi connectivity index (χ4v) is 6.43. The third-order valence-electron chi connectivity index (χ3n) is 8.92. The Morgan fingerprint density at radius 3 is 2.23 bits per heavy atom. The van der Waals surface area contributed by atoms with Crippen LogP contribution in [0.1, 0.15) is 25.0 Å². The summed E-state index contributed by atoms with van der Waals surface area (Å²) < 4.78 is 8.66. The molecule has 0 fully saturated rings. The molecular weight excluding hydrogens is 772 g/mol. The van der Waals surface area contributed by atoms with Gasteiger partial charge in [0.2, 0.25) is 0 Å². The van der Waals surface area contributed by atoms with E-state index in [1.807, 2.05) is 24.4 Å². The topological polar surface area (TPSA) is 33.5 Å². The third kappa shape index (κ3) is 5.59. The summed E-state index contributed by atoms with van der Waals surface area (Å²) in [5.41, 5.74) is 10.9. The first-order valence-corrected chi connectivity index (χ1v) is 15.8. The summed E-state index contributed by atoms with van der Waals surface area (Å²) >= 11 is 0. The fourth-order valence-electron chi connectivity index (χ4n) is 6.43. The van der Waals surface area contributed by atoms with Crippen molar-refractivity contribution in [1.82, 2.24) is 9.55 Å². The Balaban J connectivity index is 0.00000364. The zero-order valence-corrected chi connectivity index (χ0v) is 29.4. The van der Waals surface area contributed by atoms with Crippen LogP contribution >= 0.6 is 0 Å². The Kier molecular flexibility index (Phi) is 8.41. The smallest absolute Gasteiger partial charge is 0.135 e. The molecule has 0 saturated heterocycles. The van der Waals surface area contributed by atoms with Gasteiger partial charge in [0, 0.05) is 61.4 Å². The summed E-state index contributed by atoms with van der Waals surface area (Å²) in [6.45, 7) is 10.6. The zero-order valence-electron chi connectivity index (χ0n) is 27.1. The number of anilines is 2. The zero-order chi connectivity index (χ0) is 32.1. The van der Waals surface area contributed by atoms with Gasteiger partial charge in [0.25, 0.3) is 0 Å². The van der Waals surface area contributed by atoms with Gasteiger partial charge in [-0.05, 0) is 67.1 Å². The molecule has 0 unspecified atom stereocenters. The van der Waals surface area contributed by atoms with Gasteiger partial charge < -0.3 is 19.1 Å². The van der Waals surface area contributed by atoms with Crippen LogP contribution in [0, 0.1) is 32.6 Å². The monoisotopic (exact) mass is 804 g/mol. The quantitative estimate of drug-likeness (QED) is 0.157. The number of pyridine rings is 1. The fraction of sp³-hybridized carbons (Fsp3) is 0.0952. The number of aryl methyl sites for hydroxylation is 2. The molecule has 1 aliphatic heterocycles. The van der Waals surface area contributed by atoms with Crippen molar-refractivity contribution in [2.45, 2.75) is 27.7 Å². The summed E-state index contributed by atoms with van der Waals surface area (Å²) in [6.07, 6.45) is 1.90. The minimum Gasteiger partial charge on any atom is -0.509 e. The number of hydrogen-bond acceptors (Lipinski definition) is 4. The van der Waals surface area contributed by atoms with Gasteiger partial charge in [0.15, 0.2) is 0 Å². The molecule has 6 heteroatoms. The Labute approximate surface area is 296 Å². The number of ether oxygens (including phenoxy) is 1. The second-order valence-corrected chi connectivity index (χ2v) is 12.0. The van der Waals surface area contributed by atoms with Gasteiger partial charge >= 0.3 is 0 Å². The van der Waals surface area contributed by atoms with Crippen LogP contribution in [0.5, 0.6) is 11.5 Å². The SMILES string of the molecule is CC1=C(C)N(c2cccc(-c3ccccc3)c2)[CH-]N1c1[c-]c(Oc2[c-]c3c(c(C)c2)c2ccccc2n3-c2ccc(C)cn2)ccc1.[Pt]. The normalized spacial score (nSPS) is 13.0. The molecular formula is C42H33N4OPt-3. The predicted octanol–water partition coefficient (Wildman–Crippen LogP) is 10.6. The molecule has 2 aromatic heterocycles. The van der Waals surface area contributed by atoms with Gasteiger partial charge in [-0.3, -0.25) is 0 Å². The first kappa shape index (κ1) is 31.5. The van der Waals surface area contributed by atoms with E-state index in [0.29, 0.717) is 11.5 Å². The van der Waals surface area contributed by atoms with Gasteiger partial charge in [-0.15, -0.1) is 48.3 Å². The van der Waals surface area contributed by atoms with Crippen molar-refractivity contribution in [3.63, 3.8) is 0 Å². The Morgan fingerprint density at radius 2 is 1.42 bits per heavy atom. The molecule has 0 radical (unpaired) electrons. The molecule has 5 aromatic carbocycles. The number of nitrogens with zero attached hydrogens (tertiary/aromatic N) is 4. The molecule has 0 saturated carbocycles. The summed E-state index contributed by atoms with van der Waals surface area (Å²) in [5.74, 6) is 2.11. The third-order valence-corrected chi connectivity index (χ3v) is 8.92. The number of rotatable bonds is 6. The summed E-state index contributed by atoms with van der Waals surface area (Å²) in [4.78, 5) is 9.15. The number of allylic oxidation sites excluding steroid dienone is 2. The maximum Gasteiger partial charge on any atom is 0.135 e.